The quantitative estimate of drug-likeness (QED) is 0.657. The summed E-state index contributed by atoms with van der Waals surface area (Å²) >= 11 is 0. The van der Waals surface area contributed by atoms with Crippen molar-refractivity contribution in [2.75, 3.05) is 5.32 Å². The number of aliphatic carboxylic acids is 1. The Morgan fingerprint density at radius 3 is 2.50 bits per heavy atom. The Labute approximate surface area is 126 Å². The highest BCUT2D eigenvalue weighted by molar-refractivity contribution is 5.96. The van der Waals surface area contributed by atoms with Crippen molar-refractivity contribution in [1.29, 1.82) is 0 Å². The van der Waals surface area contributed by atoms with Crippen LogP contribution in [0.2, 0.25) is 0 Å². The maximum Gasteiger partial charge on any atom is 0.271 e. The van der Waals surface area contributed by atoms with Crippen molar-refractivity contribution in [2.45, 2.75) is 19.3 Å². The van der Waals surface area contributed by atoms with Gasteiger partial charge in [0.15, 0.2) is 0 Å². The van der Waals surface area contributed by atoms with Crippen LogP contribution in [-0.4, -0.2) is 16.8 Å². The van der Waals surface area contributed by atoms with Gasteiger partial charge in [0.1, 0.15) is 0 Å². The number of nitro groups is 1. The molecule has 0 heterocycles. The van der Waals surface area contributed by atoms with Gasteiger partial charge in [-0.15, -0.1) is 0 Å². The number of carboxylic acid groups (broad SMARTS) is 1. The molecule has 0 unspecified atom stereocenters. The van der Waals surface area contributed by atoms with Gasteiger partial charge in [0, 0.05) is 35.6 Å². The molecule has 1 N–H and O–H groups in total. The maximum atomic E-state index is 12.4. The van der Waals surface area contributed by atoms with Gasteiger partial charge in [0.25, 0.3) is 5.69 Å². The molecule has 0 aliphatic heterocycles. The van der Waals surface area contributed by atoms with Gasteiger partial charge < -0.3 is 15.2 Å². The summed E-state index contributed by atoms with van der Waals surface area (Å²) in [6.07, 6.45) is 2.41. The fourth-order valence-corrected chi connectivity index (χ4v) is 3.93. The van der Waals surface area contributed by atoms with Gasteiger partial charge >= 0.3 is 0 Å². The fourth-order valence-electron chi connectivity index (χ4n) is 3.93. The van der Waals surface area contributed by atoms with E-state index in [1.807, 2.05) is 0 Å². The van der Waals surface area contributed by atoms with Gasteiger partial charge in [-0.1, -0.05) is 6.07 Å². The molecule has 2 aliphatic carbocycles. The van der Waals surface area contributed by atoms with Crippen LogP contribution in [0.5, 0.6) is 0 Å². The lowest BCUT2D eigenvalue weighted by Gasteiger charge is -2.30. The van der Waals surface area contributed by atoms with Crippen LogP contribution in [0.15, 0.2) is 24.3 Å². The zero-order valence-electron chi connectivity index (χ0n) is 11.7. The molecule has 7 heteroatoms. The predicted molar refractivity (Wildman–Crippen MR) is 74.5 cm³/mol. The van der Waals surface area contributed by atoms with Crippen molar-refractivity contribution in [3.63, 3.8) is 0 Å². The number of carboxylic acids is 1. The number of carbonyl (C=O) groups excluding carboxylic acids is 2. The van der Waals surface area contributed by atoms with Crippen molar-refractivity contribution < 1.29 is 19.6 Å². The Morgan fingerprint density at radius 2 is 1.86 bits per heavy atom. The Balaban J connectivity index is 1.78. The lowest BCUT2D eigenvalue weighted by Crippen LogP contribution is -2.43. The molecule has 0 spiro atoms. The Morgan fingerprint density at radius 1 is 1.18 bits per heavy atom. The molecular formula is C15H15N2O5-. The van der Waals surface area contributed by atoms with Crippen molar-refractivity contribution in [3.8, 4) is 0 Å². The van der Waals surface area contributed by atoms with Crippen molar-refractivity contribution in [1.82, 2.24) is 0 Å². The minimum atomic E-state index is -1.17. The van der Waals surface area contributed by atoms with Crippen LogP contribution < -0.4 is 10.4 Å². The van der Waals surface area contributed by atoms with Gasteiger partial charge in [-0.05, 0) is 37.2 Å². The van der Waals surface area contributed by atoms with E-state index in [1.54, 1.807) is 6.07 Å². The summed E-state index contributed by atoms with van der Waals surface area (Å²) in [6.45, 7) is 0. The van der Waals surface area contributed by atoms with Gasteiger partial charge in [0.05, 0.1) is 4.92 Å². The van der Waals surface area contributed by atoms with Gasteiger partial charge in [-0.3, -0.25) is 14.9 Å². The molecule has 3 rings (SSSR count). The highest BCUT2D eigenvalue weighted by atomic mass is 16.6. The zero-order valence-corrected chi connectivity index (χ0v) is 11.7. The second-order valence-corrected chi connectivity index (χ2v) is 6.00. The molecule has 2 fully saturated rings. The minimum Gasteiger partial charge on any atom is -0.550 e. The van der Waals surface area contributed by atoms with Gasteiger partial charge in [-0.25, -0.2) is 0 Å². The summed E-state index contributed by atoms with van der Waals surface area (Å²) in [5, 5.41) is 24.7. The smallest absolute Gasteiger partial charge is 0.271 e. The van der Waals surface area contributed by atoms with Crippen molar-refractivity contribution in [3.05, 3.63) is 34.4 Å². The molecule has 0 aromatic heterocycles. The Hall–Kier alpha value is -2.44. The third kappa shape index (κ3) is 2.43. The van der Waals surface area contributed by atoms with E-state index in [2.05, 4.69) is 5.32 Å². The fraction of sp³-hybridized carbons (Fsp3) is 0.467. The van der Waals surface area contributed by atoms with Crippen molar-refractivity contribution >= 4 is 23.3 Å². The predicted octanol–water partition coefficient (Wildman–Crippen LogP) is 0.945. The monoisotopic (exact) mass is 303 g/mol. The second kappa shape index (κ2) is 5.40. The molecule has 22 heavy (non-hydrogen) atoms. The minimum absolute atomic E-state index is 0.0101. The largest absolute Gasteiger partial charge is 0.550 e. The number of non-ortho nitro benzene ring substituents is 1. The first-order valence-corrected chi connectivity index (χ1v) is 7.23. The van der Waals surface area contributed by atoms with Crippen LogP contribution in [0, 0.1) is 33.8 Å². The highest BCUT2D eigenvalue weighted by Gasteiger charge is 2.51. The molecular weight excluding hydrogens is 288 g/mol. The number of benzene rings is 1. The lowest BCUT2D eigenvalue weighted by atomic mass is 9.78. The van der Waals surface area contributed by atoms with E-state index in [0.717, 1.165) is 19.3 Å². The first-order chi connectivity index (χ1) is 10.5. The number of fused-ring (bicyclic) bond motifs is 2. The normalized spacial score (nSPS) is 29.3. The van der Waals surface area contributed by atoms with E-state index >= 15 is 0 Å². The number of nitro benzene ring substituents is 1. The molecule has 4 atom stereocenters. The summed E-state index contributed by atoms with van der Waals surface area (Å²) < 4.78 is 0. The highest BCUT2D eigenvalue weighted by Crippen LogP contribution is 2.52. The average molecular weight is 303 g/mol. The molecule has 2 aliphatic rings. The van der Waals surface area contributed by atoms with E-state index in [0.29, 0.717) is 5.69 Å². The van der Waals surface area contributed by atoms with Gasteiger partial charge in [0.2, 0.25) is 5.91 Å². The first kappa shape index (κ1) is 14.5. The summed E-state index contributed by atoms with van der Waals surface area (Å²) in [7, 11) is 0. The summed E-state index contributed by atoms with van der Waals surface area (Å²) in [4.78, 5) is 34.0. The average Bonchev–Trinajstić information content (AvgIpc) is 3.07. The molecule has 116 valence electrons. The Bertz CT molecular complexity index is 645. The maximum absolute atomic E-state index is 12.4. The number of carbonyl (C=O) groups is 2. The van der Waals surface area contributed by atoms with E-state index in [9.17, 15) is 24.8 Å². The van der Waals surface area contributed by atoms with Crippen molar-refractivity contribution in [2.24, 2.45) is 23.7 Å². The number of hydrogen-bond donors (Lipinski definition) is 1. The van der Waals surface area contributed by atoms with Crippen LogP contribution in [0.3, 0.4) is 0 Å². The molecule has 1 aromatic rings. The zero-order chi connectivity index (χ0) is 15.9. The second-order valence-electron chi connectivity index (χ2n) is 6.00. The summed E-state index contributed by atoms with van der Waals surface area (Å²) in [6, 6.07) is 5.62. The molecule has 0 saturated heterocycles. The SMILES string of the molecule is O=C(Nc1cccc([N+](=O)[O-])c1)[C@@H]1[C@@H]2CC[C@@H](C2)[C@@H]1C(=O)[O-]. The van der Waals surface area contributed by atoms with Crippen LogP contribution >= 0.6 is 0 Å². The van der Waals surface area contributed by atoms with E-state index in [-0.39, 0.29) is 23.4 Å². The topological polar surface area (TPSA) is 112 Å². The number of amides is 1. The van der Waals surface area contributed by atoms with Crippen LogP contribution in [-0.2, 0) is 9.59 Å². The number of nitrogens with zero attached hydrogens (tertiary/aromatic N) is 1. The van der Waals surface area contributed by atoms with E-state index in [1.165, 1.54) is 18.2 Å². The molecule has 7 nitrogen and oxygen atoms in total. The van der Waals surface area contributed by atoms with E-state index < -0.39 is 22.7 Å². The lowest BCUT2D eigenvalue weighted by molar-refractivity contribution is -0.384. The third-order valence-corrected chi connectivity index (χ3v) is 4.82. The van der Waals surface area contributed by atoms with Crippen LogP contribution in [0.4, 0.5) is 11.4 Å². The Kier molecular flexibility index (Phi) is 3.56. The van der Waals surface area contributed by atoms with Crippen LogP contribution in [0.25, 0.3) is 0 Å². The number of rotatable bonds is 4. The van der Waals surface area contributed by atoms with E-state index in [4.69, 9.17) is 0 Å². The van der Waals surface area contributed by atoms with Crippen LogP contribution in [0.1, 0.15) is 19.3 Å². The number of nitrogens with one attached hydrogen (secondary N) is 1. The molecule has 2 saturated carbocycles. The number of anilines is 1. The van der Waals surface area contributed by atoms with Gasteiger partial charge in [-0.2, -0.15) is 0 Å². The third-order valence-electron chi connectivity index (χ3n) is 4.82. The standard InChI is InChI=1S/C15H16N2O5/c18-14(16-10-2-1-3-11(7-10)17(21)22)12-8-4-5-9(6-8)13(12)15(19)20/h1-3,7-9,12-13H,4-6H2,(H,16,18)(H,19,20)/p-1/t8-,9+,12-,13+/m1/s1. The molecule has 0 radical (unpaired) electrons. The molecule has 1 aromatic carbocycles. The first-order valence-electron chi connectivity index (χ1n) is 7.23. The number of hydrogen-bond acceptors (Lipinski definition) is 5. The molecule has 1 amide bonds. The summed E-state index contributed by atoms with van der Waals surface area (Å²) in [5.41, 5.74) is 0.182. The molecule has 2 bridgehead atoms. The summed E-state index contributed by atoms with van der Waals surface area (Å²) in [5.74, 6) is -2.85.